The third kappa shape index (κ3) is 4.01. The van der Waals surface area contributed by atoms with Crippen molar-refractivity contribution in [2.45, 2.75) is 6.42 Å². The average molecular weight is 371 g/mol. The predicted molar refractivity (Wildman–Crippen MR) is 96.0 cm³/mol. The Morgan fingerprint density at radius 3 is 2.46 bits per heavy atom. The molecule has 3 N–H and O–H groups in total. The fourth-order valence-corrected chi connectivity index (χ4v) is 2.49. The zero-order valence-corrected chi connectivity index (χ0v) is 14.3. The molecule has 3 rings (SSSR count). The minimum atomic E-state index is -0.732. The lowest BCUT2D eigenvalue weighted by atomic mass is 10.1. The van der Waals surface area contributed by atoms with Crippen molar-refractivity contribution in [1.29, 1.82) is 0 Å². The number of halogens is 1. The van der Waals surface area contributed by atoms with Gasteiger partial charge in [-0.05, 0) is 23.8 Å². The van der Waals surface area contributed by atoms with Crippen LogP contribution in [0.25, 0.3) is 5.69 Å². The van der Waals surface area contributed by atoms with Crippen LogP contribution in [0.2, 0.25) is 5.02 Å². The van der Waals surface area contributed by atoms with Crippen LogP contribution >= 0.6 is 11.6 Å². The summed E-state index contributed by atoms with van der Waals surface area (Å²) in [6.45, 7) is 0. The number of benzene rings is 2. The van der Waals surface area contributed by atoms with E-state index in [9.17, 15) is 14.7 Å². The monoisotopic (exact) mass is 370 g/mol. The fraction of sp³-hybridized carbons (Fsp3) is 0.0556. The summed E-state index contributed by atoms with van der Waals surface area (Å²) in [4.78, 5) is 24.1. The van der Waals surface area contributed by atoms with Gasteiger partial charge in [-0.3, -0.25) is 20.4 Å². The van der Waals surface area contributed by atoms with Gasteiger partial charge in [0, 0.05) is 5.02 Å². The summed E-state index contributed by atoms with van der Waals surface area (Å²) in [6, 6.07) is 15.9. The molecule has 3 aromatic rings. The van der Waals surface area contributed by atoms with E-state index in [0.29, 0.717) is 16.3 Å². The van der Waals surface area contributed by atoms with Crippen LogP contribution in [-0.2, 0) is 11.2 Å². The number of nitrogens with zero attached hydrogens (tertiary/aromatic N) is 2. The van der Waals surface area contributed by atoms with Gasteiger partial charge >= 0.3 is 0 Å². The molecule has 2 aromatic carbocycles. The number of amides is 2. The fourth-order valence-electron chi connectivity index (χ4n) is 2.28. The highest BCUT2D eigenvalue weighted by Gasteiger charge is 2.18. The maximum Gasteiger partial charge on any atom is 0.294 e. The summed E-state index contributed by atoms with van der Waals surface area (Å²) in [6.07, 6.45) is 1.32. The van der Waals surface area contributed by atoms with Gasteiger partial charge in [0.2, 0.25) is 5.91 Å². The zero-order chi connectivity index (χ0) is 18.5. The van der Waals surface area contributed by atoms with E-state index in [-0.39, 0.29) is 17.9 Å². The average Bonchev–Trinajstić information content (AvgIpc) is 3.04. The topological polar surface area (TPSA) is 96.3 Å². The van der Waals surface area contributed by atoms with E-state index in [1.54, 1.807) is 36.4 Å². The predicted octanol–water partition coefficient (Wildman–Crippen LogP) is 2.24. The van der Waals surface area contributed by atoms with Crippen molar-refractivity contribution in [2.24, 2.45) is 0 Å². The highest BCUT2D eigenvalue weighted by molar-refractivity contribution is 6.31. The molecule has 1 heterocycles. The molecule has 0 saturated carbocycles. The first kappa shape index (κ1) is 17.5. The van der Waals surface area contributed by atoms with Crippen molar-refractivity contribution >= 4 is 23.4 Å². The molecule has 132 valence electrons. The molecule has 0 fully saturated rings. The Hall–Kier alpha value is -3.32. The second-order valence-corrected chi connectivity index (χ2v) is 5.82. The smallest absolute Gasteiger partial charge is 0.294 e. The summed E-state index contributed by atoms with van der Waals surface area (Å²) in [5.41, 5.74) is 5.62. The summed E-state index contributed by atoms with van der Waals surface area (Å²) >= 11 is 6.00. The number of carbonyl (C=O) groups excluding carboxylic acids is 2. The minimum absolute atomic E-state index is 0.00436. The maximum absolute atomic E-state index is 12.1. The van der Waals surface area contributed by atoms with Gasteiger partial charge < -0.3 is 5.11 Å². The second-order valence-electron chi connectivity index (χ2n) is 5.41. The molecule has 0 aliphatic carbocycles. The summed E-state index contributed by atoms with van der Waals surface area (Å²) in [5.74, 6) is -1.48. The van der Waals surface area contributed by atoms with E-state index >= 15 is 0 Å². The number of para-hydroxylation sites is 1. The van der Waals surface area contributed by atoms with Gasteiger partial charge in [-0.15, -0.1) is 0 Å². The molecule has 0 unspecified atom stereocenters. The number of aromatic hydroxyl groups is 1. The van der Waals surface area contributed by atoms with Gasteiger partial charge in [0.05, 0.1) is 18.3 Å². The molecule has 0 atom stereocenters. The summed E-state index contributed by atoms with van der Waals surface area (Å²) in [7, 11) is 0. The van der Waals surface area contributed by atoms with Crippen molar-refractivity contribution < 1.29 is 14.7 Å². The van der Waals surface area contributed by atoms with Crippen LogP contribution in [0.5, 0.6) is 5.75 Å². The third-order valence-corrected chi connectivity index (χ3v) is 3.92. The van der Waals surface area contributed by atoms with Crippen LogP contribution in [0.3, 0.4) is 0 Å². The van der Waals surface area contributed by atoms with Crippen molar-refractivity contribution in [3.8, 4) is 11.4 Å². The van der Waals surface area contributed by atoms with Gasteiger partial charge in [0.15, 0.2) is 11.4 Å². The van der Waals surface area contributed by atoms with Crippen molar-refractivity contribution in [3.63, 3.8) is 0 Å². The molecule has 0 aliphatic heterocycles. The van der Waals surface area contributed by atoms with Crippen LogP contribution in [-0.4, -0.2) is 26.7 Å². The number of carbonyl (C=O) groups is 2. The van der Waals surface area contributed by atoms with E-state index in [0.717, 1.165) is 0 Å². The molecule has 0 saturated heterocycles. The number of hydrazine groups is 1. The highest BCUT2D eigenvalue weighted by Crippen LogP contribution is 2.18. The molecule has 0 spiro atoms. The zero-order valence-electron chi connectivity index (χ0n) is 13.5. The van der Waals surface area contributed by atoms with E-state index in [4.69, 9.17) is 11.6 Å². The lowest BCUT2D eigenvalue weighted by Crippen LogP contribution is -2.42. The van der Waals surface area contributed by atoms with Gasteiger partial charge in [-0.2, -0.15) is 5.10 Å². The second kappa shape index (κ2) is 7.71. The Balaban J connectivity index is 1.63. The number of hydrogen-bond donors (Lipinski definition) is 3. The molecular formula is C18H15ClN4O3. The van der Waals surface area contributed by atoms with Crippen LogP contribution in [0.4, 0.5) is 0 Å². The van der Waals surface area contributed by atoms with E-state index in [1.165, 1.54) is 10.9 Å². The molecule has 0 radical (unpaired) electrons. The molecule has 26 heavy (non-hydrogen) atoms. The van der Waals surface area contributed by atoms with Gasteiger partial charge in [0.1, 0.15) is 0 Å². The minimum Gasteiger partial charge on any atom is -0.504 e. The third-order valence-electron chi connectivity index (χ3n) is 3.56. The summed E-state index contributed by atoms with van der Waals surface area (Å²) in [5, 5.41) is 14.4. The largest absolute Gasteiger partial charge is 0.504 e. The Morgan fingerprint density at radius 2 is 1.73 bits per heavy atom. The van der Waals surface area contributed by atoms with Crippen LogP contribution in [0, 0.1) is 0 Å². The molecule has 0 aliphatic rings. The lowest BCUT2D eigenvalue weighted by Gasteiger charge is -2.07. The number of hydrogen-bond acceptors (Lipinski definition) is 4. The van der Waals surface area contributed by atoms with E-state index < -0.39 is 11.8 Å². The Labute approximate surface area is 154 Å². The molecule has 7 nitrogen and oxygen atoms in total. The molecule has 1 aromatic heterocycles. The normalized spacial score (nSPS) is 10.3. The van der Waals surface area contributed by atoms with Gasteiger partial charge in [0.25, 0.3) is 5.91 Å². The first-order chi connectivity index (χ1) is 12.5. The number of aromatic nitrogens is 2. The Morgan fingerprint density at radius 1 is 1.04 bits per heavy atom. The van der Waals surface area contributed by atoms with Crippen molar-refractivity contribution in [2.75, 3.05) is 0 Å². The van der Waals surface area contributed by atoms with Gasteiger partial charge in [-0.1, -0.05) is 48.0 Å². The summed E-state index contributed by atoms with van der Waals surface area (Å²) < 4.78 is 1.37. The maximum atomic E-state index is 12.1. The SMILES string of the molecule is O=C(Cc1ccccc1Cl)NNC(=O)c1nn(-c2ccccc2)cc1O. The Bertz CT molecular complexity index is 941. The van der Waals surface area contributed by atoms with Crippen LogP contribution in [0.1, 0.15) is 16.1 Å². The van der Waals surface area contributed by atoms with E-state index in [1.807, 2.05) is 18.2 Å². The molecule has 0 bridgehead atoms. The van der Waals surface area contributed by atoms with Crippen molar-refractivity contribution in [3.05, 3.63) is 77.1 Å². The highest BCUT2D eigenvalue weighted by atomic mass is 35.5. The van der Waals surface area contributed by atoms with Crippen molar-refractivity contribution in [1.82, 2.24) is 20.6 Å². The molecule has 8 heteroatoms. The number of rotatable bonds is 4. The van der Waals surface area contributed by atoms with E-state index in [2.05, 4.69) is 16.0 Å². The lowest BCUT2D eigenvalue weighted by molar-refractivity contribution is -0.121. The molecule has 2 amide bonds. The standard InChI is InChI=1S/C18H15ClN4O3/c19-14-9-5-4-6-12(14)10-16(25)20-21-18(26)17-15(24)11-23(22-17)13-7-2-1-3-8-13/h1-9,11,24H,10H2,(H,20,25)(H,21,26). The van der Waals surface area contributed by atoms with Gasteiger partial charge in [-0.25, -0.2) is 4.68 Å². The molecular weight excluding hydrogens is 356 g/mol. The Kier molecular flexibility index (Phi) is 5.19. The first-order valence-electron chi connectivity index (χ1n) is 7.71. The van der Waals surface area contributed by atoms with Crippen LogP contribution in [0.15, 0.2) is 60.8 Å². The van der Waals surface area contributed by atoms with Crippen LogP contribution < -0.4 is 10.9 Å². The number of nitrogens with one attached hydrogen (secondary N) is 2. The quantitative estimate of drug-likeness (QED) is 0.613. The first-order valence-corrected chi connectivity index (χ1v) is 8.09.